The van der Waals surface area contributed by atoms with Gasteiger partial charge in [0.15, 0.2) is 11.5 Å². The highest BCUT2D eigenvalue weighted by Crippen LogP contribution is 2.29. The second kappa shape index (κ2) is 13.2. The molecule has 0 atom stereocenters. The van der Waals surface area contributed by atoms with Gasteiger partial charge in [-0.15, -0.1) is 0 Å². The van der Waals surface area contributed by atoms with Gasteiger partial charge in [-0.2, -0.15) is 0 Å². The molecule has 0 aliphatic carbocycles. The van der Waals surface area contributed by atoms with Crippen LogP contribution < -0.4 is 0 Å². The van der Waals surface area contributed by atoms with Crippen molar-refractivity contribution in [1.29, 1.82) is 0 Å². The van der Waals surface area contributed by atoms with Gasteiger partial charge in [-0.3, -0.25) is 0 Å². The summed E-state index contributed by atoms with van der Waals surface area (Å²) in [5.74, 6) is 0.0442. The highest BCUT2D eigenvalue weighted by atomic mass is 16.5. The van der Waals surface area contributed by atoms with Crippen molar-refractivity contribution in [2.24, 2.45) is 0 Å². The minimum atomic E-state index is -0.00952. The van der Waals surface area contributed by atoms with Gasteiger partial charge >= 0.3 is 0 Å². The van der Waals surface area contributed by atoms with Crippen molar-refractivity contribution >= 4 is 0 Å². The normalized spacial score (nSPS) is 11.0. The van der Waals surface area contributed by atoms with Crippen molar-refractivity contribution < 1.29 is 14.9 Å². The van der Waals surface area contributed by atoms with Crippen LogP contribution in [0.15, 0.2) is 18.2 Å². The summed E-state index contributed by atoms with van der Waals surface area (Å²) in [6, 6.07) is 5.21. The fourth-order valence-corrected chi connectivity index (χ4v) is 2.93. The van der Waals surface area contributed by atoms with Gasteiger partial charge < -0.3 is 14.9 Å². The molecule has 0 spiro atoms. The number of ether oxygens (including phenoxy) is 1. The van der Waals surface area contributed by atoms with E-state index in [0.29, 0.717) is 0 Å². The zero-order valence-electron chi connectivity index (χ0n) is 14.7. The van der Waals surface area contributed by atoms with Crippen molar-refractivity contribution in [2.75, 3.05) is 13.7 Å². The van der Waals surface area contributed by atoms with Crippen molar-refractivity contribution in [3.05, 3.63) is 23.8 Å². The maximum atomic E-state index is 9.73. The van der Waals surface area contributed by atoms with Crippen LogP contribution in [-0.4, -0.2) is 23.9 Å². The Bertz CT molecular complexity index is 404. The minimum absolute atomic E-state index is 0.00952. The Balaban J connectivity index is 1.87. The third kappa shape index (κ3) is 9.50. The second-order valence-corrected chi connectivity index (χ2v) is 6.42. The van der Waals surface area contributed by atoms with E-state index in [1.54, 1.807) is 13.2 Å². The molecule has 0 amide bonds. The molecule has 23 heavy (non-hydrogen) atoms. The van der Waals surface area contributed by atoms with Gasteiger partial charge in [0.2, 0.25) is 0 Å². The first-order chi connectivity index (χ1) is 11.3. The zero-order valence-corrected chi connectivity index (χ0v) is 14.7. The van der Waals surface area contributed by atoms with Gasteiger partial charge in [-0.05, 0) is 30.9 Å². The van der Waals surface area contributed by atoms with E-state index >= 15 is 0 Å². The van der Waals surface area contributed by atoms with Crippen LogP contribution in [0.4, 0.5) is 0 Å². The smallest absolute Gasteiger partial charge is 0.160 e. The monoisotopic (exact) mass is 322 g/mol. The molecule has 0 bridgehead atoms. The molecule has 1 aromatic carbocycles. The van der Waals surface area contributed by atoms with Gasteiger partial charge in [0.05, 0.1) is 0 Å². The first kappa shape index (κ1) is 19.8. The number of phenolic OH excluding ortho intramolecular Hbond substituents is 2. The number of aryl methyl sites for hydroxylation is 1. The fourth-order valence-electron chi connectivity index (χ4n) is 2.93. The topological polar surface area (TPSA) is 49.7 Å². The van der Waals surface area contributed by atoms with Crippen LogP contribution in [0, 0.1) is 0 Å². The number of methoxy groups -OCH3 is 1. The van der Waals surface area contributed by atoms with E-state index < -0.39 is 0 Å². The molecule has 2 N–H and O–H groups in total. The van der Waals surface area contributed by atoms with E-state index in [1.165, 1.54) is 70.3 Å². The second-order valence-electron chi connectivity index (χ2n) is 6.42. The first-order valence-corrected chi connectivity index (χ1v) is 9.24. The Kier molecular flexibility index (Phi) is 11.4. The Morgan fingerprint density at radius 2 is 1.26 bits per heavy atom. The van der Waals surface area contributed by atoms with E-state index in [9.17, 15) is 10.2 Å². The molecule has 132 valence electrons. The lowest BCUT2D eigenvalue weighted by atomic mass is 10.0. The van der Waals surface area contributed by atoms with Crippen molar-refractivity contribution in [1.82, 2.24) is 0 Å². The standard InChI is InChI=1S/C20H34O3/c1-23-17-12-10-8-6-4-2-3-5-7-9-11-14-18-15-13-16-19(21)20(18)22/h13,15-16,21-22H,2-12,14,17H2,1H3. The molecule has 0 radical (unpaired) electrons. The van der Waals surface area contributed by atoms with Gasteiger partial charge in [0.1, 0.15) is 0 Å². The largest absolute Gasteiger partial charge is 0.504 e. The average Bonchev–Trinajstić information content (AvgIpc) is 2.55. The van der Waals surface area contributed by atoms with Crippen LogP contribution in [0.3, 0.4) is 0 Å². The molecule has 0 aliphatic rings. The number of benzene rings is 1. The molecule has 0 aromatic heterocycles. The van der Waals surface area contributed by atoms with Gasteiger partial charge in [-0.25, -0.2) is 0 Å². The number of unbranched alkanes of at least 4 members (excludes halogenated alkanes) is 10. The molecule has 1 aromatic rings. The Labute approximate surface area is 141 Å². The molecule has 0 fully saturated rings. The van der Waals surface area contributed by atoms with E-state index in [4.69, 9.17) is 4.74 Å². The number of para-hydroxylation sites is 1. The van der Waals surface area contributed by atoms with Crippen molar-refractivity contribution in [3.63, 3.8) is 0 Å². The number of hydrogen-bond donors (Lipinski definition) is 2. The summed E-state index contributed by atoms with van der Waals surface area (Å²) in [4.78, 5) is 0. The SMILES string of the molecule is COCCCCCCCCCCCCCc1cccc(O)c1O. The predicted molar refractivity (Wildman–Crippen MR) is 96.1 cm³/mol. The van der Waals surface area contributed by atoms with Crippen LogP contribution in [0.25, 0.3) is 0 Å². The third-order valence-corrected chi connectivity index (χ3v) is 4.39. The summed E-state index contributed by atoms with van der Waals surface area (Å²) < 4.78 is 5.05. The number of hydrogen-bond acceptors (Lipinski definition) is 3. The molecule has 0 unspecified atom stereocenters. The fraction of sp³-hybridized carbons (Fsp3) is 0.700. The van der Waals surface area contributed by atoms with Crippen molar-refractivity contribution in [2.45, 2.75) is 77.0 Å². The molecular formula is C20H34O3. The quantitative estimate of drug-likeness (QED) is 0.347. The van der Waals surface area contributed by atoms with Crippen molar-refractivity contribution in [3.8, 4) is 11.5 Å². The highest BCUT2D eigenvalue weighted by molar-refractivity contribution is 5.44. The molecule has 0 aliphatic heterocycles. The summed E-state index contributed by atoms with van der Waals surface area (Å²) in [5.41, 5.74) is 0.860. The predicted octanol–water partition coefficient (Wildman–Crippen LogP) is 5.58. The van der Waals surface area contributed by atoms with Crippen LogP contribution in [0.2, 0.25) is 0 Å². The third-order valence-electron chi connectivity index (χ3n) is 4.39. The molecule has 1 rings (SSSR count). The summed E-state index contributed by atoms with van der Waals surface area (Å²) in [6.45, 7) is 0.903. The molecule has 0 heterocycles. The Morgan fingerprint density at radius 3 is 1.83 bits per heavy atom. The summed E-state index contributed by atoms with van der Waals surface area (Å²) in [7, 11) is 1.77. The maximum Gasteiger partial charge on any atom is 0.160 e. The molecule has 0 saturated heterocycles. The van der Waals surface area contributed by atoms with E-state index in [1.807, 2.05) is 6.07 Å². The Morgan fingerprint density at radius 1 is 0.739 bits per heavy atom. The van der Waals surface area contributed by atoms with E-state index in [2.05, 4.69) is 0 Å². The lowest BCUT2D eigenvalue weighted by molar-refractivity contribution is 0.192. The minimum Gasteiger partial charge on any atom is -0.504 e. The van der Waals surface area contributed by atoms with E-state index in [0.717, 1.165) is 25.0 Å². The number of phenols is 2. The molecular weight excluding hydrogens is 288 g/mol. The zero-order chi connectivity index (χ0) is 16.8. The average molecular weight is 322 g/mol. The Hall–Kier alpha value is -1.22. The summed E-state index contributed by atoms with van der Waals surface area (Å²) >= 11 is 0. The van der Waals surface area contributed by atoms with E-state index in [-0.39, 0.29) is 11.5 Å². The summed E-state index contributed by atoms with van der Waals surface area (Å²) in [5, 5.41) is 19.2. The van der Waals surface area contributed by atoms with Gasteiger partial charge in [0, 0.05) is 13.7 Å². The lowest BCUT2D eigenvalue weighted by Crippen LogP contribution is -1.89. The van der Waals surface area contributed by atoms with Crippen LogP contribution >= 0.6 is 0 Å². The van der Waals surface area contributed by atoms with Crippen LogP contribution in [-0.2, 0) is 11.2 Å². The molecule has 0 saturated carbocycles. The first-order valence-electron chi connectivity index (χ1n) is 9.24. The van der Waals surface area contributed by atoms with Gasteiger partial charge in [-0.1, -0.05) is 69.9 Å². The molecule has 3 heteroatoms. The number of aromatic hydroxyl groups is 2. The van der Waals surface area contributed by atoms with Crippen LogP contribution in [0.1, 0.15) is 76.2 Å². The summed E-state index contributed by atoms with van der Waals surface area (Å²) in [6.07, 6.45) is 15.0. The lowest BCUT2D eigenvalue weighted by Gasteiger charge is -2.06. The molecule has 3 nitrogen and oxygen atoms in total. The van der Waals surface area contributed by atoms with Gasteiger partial charge in [0.25, 0.3) is 0 Å². The number of rotatable bonds is 14. The maximum absolute atomic E-state index is 9.73. The van der Waals surface area contributed by atoms with Crippen LogP contribution in [0.5, 0.6) is 11.5 Å². The highest BCUT2D eigenvalue weighted by Gasteiger charge is 2.04.